The molecule has 1 amide bonds. The molecule has 0 aliphatic carbocycles. The molecule has 0 saturated heterocycles. The first-order chi connectivity index (χ1) is 16.1. The van der Waals surface area contributed by atoms with Crippen LogP contribution in [0.25, 0.3) is 11.5 Å². The van der Waals surface area contributed by atoms with E-state index in [0.717, 1.165) is 11.1 Å². The number of aromatic hydroxyl groups is 1. The summed E-state index contributed by atoms with van der Waals surface area (Å²) in [6.45, 7) is 0. The van der Waals surface area contributed by atoms with Gasteiger partial charge >= 0.3 is 0 Å². The van der Waals surface area contributed by atoms with Crippen molar-refractivity contribution in [1.82, 2.24) is 25.5 Å². The number of carbonyl (C=O) groups is 1. The van der Waals surface area contributed by atoms with E-state index < -0.39 is 17.8 Å². The molecule has 2 N–H and O–H groups in total. The molecule has 2 aromatic carbocycles. The van der Waals surface area contributed by atoms with E-state index in [9.17, 15) is 9.90 Å². The molecule has 1 atom stereocenters. The van der Waals surface area contributed by atoms with Gasteiger partial charge in [0, 0.05) is 12.4 Å². The summed E-state index contributed by atoms with van der Waals surface area (Å²) in [7, 11) is 1.57. The Hall–Kier alpha value is -4.84. The first-order valence-corrected chi connectivity index (χ1v) is 9.88. The Balaban J connectivity index is 1.65. The summed E-state index contributed by atoms with van der Waals surface area (Å²) < 4.78 is 5.22. The van der Waals surface area contributed by atoms with E-state index in [1.807, 2.05) is 12.1 Å². The summed E-state index contributed by atoms with van der Waals surface area (Å²) in [4.78, 5) is 21.2. The van der Waals surface area contributed by atoms with Crippen molar-refractivity contribution in [2.75, 3.05) is 7.11 Å². The van der Waals surface area contributed by atoms with Crippen LogP contribution in [0.1, 0.15) is 33.1 Å². The molecule has 0 aliphatic heterocycles. The van der Waals surface area contributed by atoms with Crippen LogP contribution in [0.15, 0.2) is 73.1 Å². The molecule has 2 aromatic heterocycles. The fourth-order valence-electron chi connectivity index (χ4n) is 3.19. The molecule has 0 fully saturated rings. The number of amides is 1. The van der Waals surface area contributed by atoms with Gasteiger partial charge < -0.3 is 15.2 Å². The second kappa shape index (κ2) is 9.53. The minimum Gasteiger partial charge on any atom is -0.497 e. The van der Waals surface area contributed by atoms with Gasteiger partial charge in [-0.2, -0.15) is 15.3 Å². The number of nitrogens with zero attached hydrogens (tertiary/aromatic N) is 5. The fraction of sp³-hybridized carbons (Fsp3) is 0.0833. The number of carbonyl (C=O) groups excluding carboxylic acids is 1. The molecule has 4 rings (SSSR count). The van der Waals surface area contributed by atoms with Gasteiger partial charge in [0.25, 0.3) is 5.91 Å². The molecule has 0 spiro atoms. The second-order valence-electron chi connectivity index (χ2n) is 6.95. The largest absolute Gasteiger partial charge is 0.497 e. The normalized spacial score (nSPS) is 11.3. The first kappa shape index (κ1) is 21.4. The van der Waals surface area contributed by atoms with Crippen LogP contribution in [0, 0.1) is 11.3 Å². The fourth-order valence-corrected chi connectivity index (χ4v) is 3.19. The van der Waals surface area contributed by atoms with E-state index in [4.69, 9.17) is 10.00 Å². The number of nitrogens with one attached hydrogen (secondary N) is 1. The highest BCUT2D eigenvalue weighted by Gasteiger charge is 2.22. The van der Waals surface area contributed by atoms with Gasteiger partial charge in [-0.3, -0.25) is 4.79 Å². The molecule has 33 heavy (non-hydrogen) atoms. The molecule has 4 aromatic rings. The van der Waals surface area contributed by atoms with Crippen LogP contribution in [0.4, 0.5) is 0 Å². The number of nitriles is 1. The van der Waals surface area contributed by atoms with Crippen molar-refractivity contribution in [3.05, 3.63) is 95.3 Å². The number of benzene rings is 2. The summed E-state index contributed by atoms with van der Waals surface area (Å²) in [5.74, 6) is -0.218. The van der Waals surface area contributed by atoms with Crippen molar-refractivity contribution in [1.29, 1.82) is 5.26 Å². The maximum atomic E-state index is 13.1. The van der Waals surface area contributed by atoms with Crippen LogP contribution in [0.2, 0.25) is 0 Å². The minimum absolute atomic E-state index is 0.0882. The molecule has 0 unspecified atom stereocenters. The van der Waals surface area contributed by atoms with E-state index in [0.29, 0.717) is 17.0 Å². The maximum Gasteiger partial charge on any atom is 0.259 e. The smallest absolute Gasteiger partial charge is 0.259 e. The number of methoxy groups -OCH3 is 1. The highest BCUT2D eigenvalue weighted by atomic mass is 16.5. The Kier molecular flexibility index (Phi) is 6.18. The average Bonchev–Trinajstić information content (AvgIpc) is 2.88. The lowest BCUT2D eigenvalue weighted by atomic mass is 9.97. The first-order valence-electron chi connectivity index (χ1n) is 9.88. The zero-order valence-corrected chi connectivity index (χ0v) is 17.5. The topological polar surface area (TPSA) is 134 Å². The Morgan fingerprint density at radius 2 is 1.79 bits per heavy atom. The van der Waals surface area contributed by atoms with Gasteiger partial charge in [0.15, 0.2) is 5.82 Å². The van der Waals surface area contributed by atoms with E-state index in [1.54, 1.807) is 55.6 Å². The number of aromatic nitrogens is 4. The van der Waals surface area contributed by atoms with Crippen LogP contribution < -0.4 is 10.1 Å². The number of ether oxygens (including phenoxy) is 1. The van der Waals surface area contributed by atoms with Crippen molar-refractivity contribution < 1.29 is 14.6 Å². The third kappa shape index (κ3) is 4.75. The van der Waals surface area contributed by atoms with Gasteiger partial charge in [-0.15, -0.1) is 5.10 Å². The quantitative estimate of drug-likeness (QED) is 0.469. The van der Waals surface area contributed by atoms with Gasteiger partial charge in [-0.1, -0.05) is 24.3 Å². The van der Waals surface area contributed by atoms with Crippen molar-refractivity contribution in [3.8, 4) is 29.2 Å². The molecule has 9 heteroatoms. The summed E-state index contributed by atoms with van der Waals surface area (Å²) in [6, 6.07) is 18.9. The van der Waals surface area contributed by atoms with Gasteiger partial charge in [0.1, 0.15) is 17.0 Å². The van der Waals surface area contributed by atoms with Gasteiger partial charge in [-0.05, 0) is 47.5 Å². The second-order valence-corrected chi connectivity index (χ2v) is 6.95. The Morgan fingerprint density at radius 1 is 1.09 bits per heavy atom. The number of hydrogen-bond donors (Lipinski definition) is 2. The summed E-state index contributed by atoms with van der Waals surface area (Å²) in [5.41, 5.74) is 2.32. The molecule has 0 bridgehead atoms. The molecule has 2 heterocycles. The van der Waals surface area contributed by atoms with Gasteiger partial charge in [0.05, 0.1) is 24.8 Å². The van der Waals surface area contributed by atoms with Gasteiger partial charge in [-0.25, -0.2) is 4.98 Å². The molecular formula is C24H18N6O3. The van der Waals surface area contributed by atoms with Crippen LogP contribution >= 0.6 is 0 Å². The number of hydrogen-bond acceptors (Lipinski definition) is 8. The molecule has 0 aliphatic rings. The van der Waals surface area contributed by atoms with Crippen molar-refractivity contribution in [2.24, 2.45) is 0 Å². The lowest BCUT2D eigenvalue weighted by Crippen LogP contribution is -2.29. The Morgan fingerprint density at radius 3 is 2.36 bits per heavy atom. The average molecular weight is 438 g/mol. The van der Waals surface area contributed by atoms with E-state index in [1.165, 1.54) is 12.4 Å². The maximum absolute atomic E-state index is 13.1. The summed E-state index contributed by atoms with van der Waals surface area (Å²) in [5, 5.41) is 30.1. The molecule has 162 valence electrons. The lowest BCUT2D eigenvalue weighted by molar-refractivity contribution is 0.0939. The zero-order valence-electron chi connectivity index (χ0n) is 17.5. The molecule has 0 saturated carbocycles. The third-order valence-electron chi connectivity index (χ3n) is 4.91. The predicted molar refractivity (Wildman–Crippen MR) is 118 cm³/mol. The monoisotopic (exact) mass is 438 g/mol. The van der Waals surface area contributed by atoms with Crippen molar-refractivity contribution in [3.63, 3.8) is 0 Å². The molecule has 9 nitrogen and oxygen atoms in total. The van der Waals surface area contributed by atoms with Crippen LogP contribution in [-0.4, -0.2) is 38.3 Å². The van der Waals surface area contributed by atoms with E-state index >= 15 is 0 Å². The number of rotatable bonds is 6. The van der Waals surface area contributed by atoms with Crippen LogP contribution in [-0.2, 0) is 0 Å². The molecular weight excluding hydrogens is 420 g/mol. The summed E-state index contributed by atoms with van der Waals surface area (Å²) >= 11 is 0. The minimum atomic E-state index is -0.566. The third-order valence-corrected chi connectivity index (χ3v) is 4.91. The van der Waals surface area contributed by atoms with Crippen molar-refractivity contribution >= 4 is 5.91 Å². The zero-order chi connectivity index (χ0) is 23.2. The lowest BCUT2D eigenvalue weighted by Gasteiger charge is -2.20. The van der Waals surface area contributed by atoms with E-state index in [-0.39, 0.29) is 11.4 Å². The van der Waals surface area contributed by atoms with Crippen LogP contribution in [0.3, 0.4) is 0 Å². The highest BCUT2D eigenvalue weighted by Crippen LogP contribution is 2.26. The van der Waals surface area contributed by atoms with Crippen LogP contribution in [0.5, 0.6) is 11.6 Å². The standard InChI is InChI=1S/C24H18N6O3/c1-33-18-10-8-17(9-11-18)21(16-6-4-15(13-25)5-7-16)28-23(31)19-14-26-22(29-24(19)32)20-3-2-12-27-30-20/h2-12,14,21H,1H3,(H,28,31)(H,26,29,32)/t21-/m1/s1. The highest BCUT2D eigenvalue weighted by molar-refractivity contribution is 5.96. The SMILES string of the molecule is COc1ccc([C@H](NC(=O)c2cnc(-c3cccnn3)nc2O)c2ccc(C#N)cc2)cc1. The Bertz CT molecular complexity index is 1300. The molecule has 0 radical (unpaired) electrons. The predicted octanol–water partition coefficient (Wildman–Crippen LogP) is 3.04. The van der Waals surface area contributed by atoms with Gasteiger partial charge in [0.2, 0.25) is 5.88 Å². The summed E-state index contributed by atoms with van der Waals surface area (Å²) in [6.07, 6.45) is 2.75. The Labute approximate surface area is 189 Å². The van der Waals surface area contributed by atoms with Crippen molar-refractivity contribution in [2.45, 2.75) is 6.04 Å². The van der Waals surface area contributed by atoms with E-state index in [2.05, 4.69) is 31.6 Å².